The molecule has 184 valence electrons. The Labute approximate surface area is 203 Å². The average Bonchev–Trinajstić information content (AvgIpc) is 2.88. The molecule has 0 unspecified atom stereocenters. The van der Waals surface area contributed by atoms with Gasteiger partial charge >= 0.3 is 0 Å². The lowest BCUT2D eigenvalue weighted by Gasteiger charge is -2.13. The van der Waals surface area contributed by atoms with E-state index < -0.39 is 0 Å². The molecule has 0 radical (unpaired) electrons. The third kappa shape index (κ3) is 7.34. The zero-order valence-corrected chi connectivity index (χ0v) is 19.7. The standard InChI is InChI=1S/C25H27N3O7/c1-31-12-13-34-24-11-9-18(15-26-24)27-25(30)17-8-10-21(22(14-17)33-3)35-16-23(29)28-19-6-4-5-7-20(19)32-2/h4-11,14-15H,12-13,16H2,1-3H3,(H,27,30)(H,28,29). The highest BCUT2D eigenvalue weighted by Crippen LogP contribution is 2.29. The Balaban J connectivity index is 1.58. The molecule has 2 aromatic carbocycles. The highest BCUT2D eigenvalue weighted by molar-refractivity contribution is 6.04. The molecule has 10 nitrogen and oxygen atoms in total. The van der Waals surface area contributed by atoms with Gasteiger partial charge in [0, 0.05) is 18.7 Å². The van der Waals surface area contributed by atoms with Gasteiger partial charge in [-0.2, -0.15) is 0 Å². The highest BCUT2D eigenvalue weighted by Gasteiger charge is 2.14. The van der Waals surface area contributed by atoms with E-state index in [4.69, 9.17) is 23.7 Å². The van der Waals surface area contributed by atoms with Crippen LogP contribution in [0.5, 0.6) is 23.1 Å². The maximum absolute atomic E-state index is 12.7. The van der Waals surface area contributed by atoms with E-state index in [9.17, 15) is 9.59 Å². The summed E-state index contributed by atoms with van der Waals surface area (Å²) in [6, 6.07) is 15.0. The minimum Gasteiger partial charge on any atom is -0.495 e. The highest BCUT2D eigenvalue weighted by atomic mass is 16.5. The molecular formula is C25H27N3O7. The van der Waals surface area contributed by atoms with Crippen molar-refractivity contribution in [2.45, 2.75) is 0 Å². The minimum atomic E-state index is -0.375. The summed E-state index contributed by atoms with van der Waals surface area (Å²) in [5.41, 5.74) is 1.38. The second-order valence-electron chi connectivity index (χ2n) is 7.08. The molecule has 2 amide bonds. The van der Waals surface area contributed by atoms with Gasteiger partial charge in [0.15, 0.2) is 18.1 Å². The number of methoxy groups -OCH3 is 3. The van der Waals surface area contributed by atoms with Crippen molar-refractivity contribution >= 4 is 23.2 Å². The Hall–Kier alpha value is -4.31. The Bertz CT molecular complexity index is 1140. The zero-order valence-electron chi connectivity index (χ0n) is 19.7. The smallest absolute Gasteiger partial charge is 0.262 e. The summed E-state index contributed by atoms with van der Waals surface area (Å²) < 4.78 is 26.5. The fraction of sp³-hybridized carbons (Fsp3) is 0.240. The molecule has 2 N–H and O–H groups in total. The summed E-state index contributed by atoms with van der Waals surface area (Å²) in [7, 11) is 4.56. The van der Waals surface area contributed by atoms with Gasteiger partial charge in [0.2, 0.25) is 5.88 Å². The van der Waals surface area contributed by atoms with Crippen molar-refractivity contribution < 1.29 is 33.3 Å². The summed E-state index contributed by atoms with van der Waals surface area (Å²) in [5, 5.41) is 5.49. The second-order valence-corrected chi connectivity index (χ2v) is 7.08. The van der Waals surface area contributed by atoms with Crippen LogP contribution in [0.3, 0.4) is 0 Å². The number of aromatic nitrogens is 1. The first kappa shape index (κ1) is 25.3. The largest absolute Gasteiger partial charge is 0.495 e. The number of hydrogen-bond acceptors (Lipinski definition) is 8. The summed E-state index contributed by atoms with van der Waals surface area (Å²) in [5.74, 6) is 0.857. The Kier molecular flexibility index (Phi) is 9.26. The summed E-state index contributed by atoms with van der Waals surface area (Å²) in [4.78, 5) is 29.1. The van der Waals surface area contributed by atoms with E-state index >= 15 is 0 Å². The van der Waals surface area contributed by atoms with Crippen molar-refractivity contribution in [1.29, 1.82) is 0 Å². The number of nitrogens with one attached hydrogen (secondary N) is 2. The molecule has 0 spiro atoms. The first-order chi connectivity index (χ1) is 17.0. The fourth-order valence-corrected chi connectivity index (χ4v) is 2.98. The number of ether oxygens (including phenoxy) is 5. The number of pyridine rings is 1. The van der Waals surface area contributed by atoms with Gasteiger partial charge in [0.05, 0.1) is 38.4 Å². The van der Waals surface area contributed by atoms with Crippen molar-refractivity contribution in [1.82, 2.24) is 4.98 Å². The van der Waals surface area contributed by atoms with E-state index in [1.807, 2.05) is 0 Å². The quantitative estimate of drug-likeness (QED) is 0.378. The van der Waals surface area contributed by atoms with Gasteiger partial charge in [-0.1, -0.05) is 12.1 Å². The number of carbonyl (C=O) groups excluding carboxylic acids is 2. The van der Waals surface area contributed by atoms with Crippen LogP contribution in [0.2, 0.25) is 0 Å². The van der Waals surface area contributed by atoms with Crippen LogP contribution in [0.4, 0.5) is 11.4 Å². The van der Waals surface area contributed by atoms with Crippen LogP contribution in [0.25, 0.3) is 0 Å². The van der Waals surface area contributed by atoms with E-state index in [2.05, 4.69) is 15.6 Å². The predicted molar refractivity (Wildman–Crippen MR) is 130 cm³/mol. The Morgan fingerprint density at radius 3 is 2.34 bits per heavy atom. The molecular weight excluding hydrogens is 454 g/mol. The second kappa shape index (κ2) is 12.8. The van der Waals surface area contributed by atoms with Crippen LogP contribution in [-0.4, -0.2) is 57.9 Å². The van der Waals surface area contributed by atoms with Crippen LogP contribution in [-0.2, 0) is 9.53 Å². The average molecular weight is 482 g/mol. The molecule has 0 fully saturated rings. The lowest BCUT2D eigenvalue weighted by atomic mass is 10.2. The molecule has 3 aromatic rings. The van der Waals surface area contributed by atoms with Crippen molar-refractivity contribution in [2.75, 3.05) is 51.8 Å². The van der Waals surface area contributed by atoms with E-state index in [1.54, 1.807) is 55.6 Å². The van der Waals surface area contributed by atoms with Crippen LogP contribution >= 0.6 is 0 Å². The Morgan fingerprint density at radius 1 is 0.829 bits per heavy atom. The topological polar surface area (TPSA) is 117 Å². The van der Waals surface area contributed by atoms with E-state index in [0.717, 1.165) is 0 Å². The van der Waals surface area contributed by atoms with Gasteiger partial charge in [-0.25, -0.2) is 4.98 Å². The summed E-state index contributed by atoms with van der Waals surface area (Å²) >= 11 is 0. The molecule has 1 heterocycles. The van der Waals surface area contributed by atoms with Gasteiger partial charge in [0.1, 0.15) is 12.4 Å². The van der Waals surface area contributed by atoms with Gasteiger partial charge in [-0.15, -0.1) is 0 Å². The molecule has 0 aliphatic carbocycles. The van der Waals surface area contributed by atoms with Crippen molar-refractivity contribution in [3.63, 3.8) is 0 Å². The number of carbonyl (C=O) groups is 2. The monoisotopic (exact) mass is 481 g/mol. The number of anilines is 2. The molecule has 0 atom stereocenters. The van der Waals surface area contributed by atoms with Crippen LogP contribution in [0.15, 0.2) is 60.8 Å². The maximum Gasteiger partial charge on any atom is 0.262 e. The molecule has 0 saturated carbocycles. The number of benzene rings is 2. The summed E-state index contributed by atoms with van der Waals surface area (Å²) in [6.45, 7) is 0.574. The van der Waals surface area contributed by atoms with E-state index in [1.165, 1.54) is 26.5 Å². The first-order valence-electron chi connectivity index (χ1n) is 10.7. The number of nitrogens with zero attached hydrogens (tertiary/aromatic N) is 1. The SMILES string of the molecule is COCCOc1ccc(NC(=O)c2ccc(OCC(=O)Nc3ccccc3OC)c(OC)c2)cn1. The van der Waals surface area contributed by atoms with Crippen molar-refractivity contribution in [2.24, 2.45) is 0 Å². The van der Waals surface area contributed by atoms with Gasteiger partial charge < -0.3 is 34.3 Å². The zero-order chi connectivity index (χ0) is 25.0. The fourth-order valence-electron chi connectivity index (χ4n) is 2.98. The third-order valence-corrected chi connectivity index (χ3v) is 4.70. The Morgan fingerprint density at radius 2 is 1.63 bits per heavy atom. The normalized spacial score (nSPS) is 10.3. The van der Waals surface area contributed by atoms with E-state index in [-0.39, 0.29) is 18.4 Å². The van der Waals surface area contributed by atoms with Crippen molar-refractivity contribution in [3.05, 3.63) is 66.4 Å². The van der Waals surface area contributed by atoms with Crippen LogP contribution in [0, 0.1) is 0 Å². The van der Waals surface area contributed by atoms with Crippen LogP contribution in [0.1, 0.15) is 10.4 Å². The van der Waals surface area contributed by atoms with Crippen LogP contribution < -0.4 is 29.6 Å². The molecule has 0 aliphatic heterocycles. The molecule has 0 bridgehead atoms. The van der Waals surface area contributed by atoms with Crippen molar-refractivity contribution in [3.8, 4) is 23.1 Å². The molecule has 10 heteroatoms. The molecule has 0 saturated heterocycles. The number of hydrogen-bond donors (Lipinski definition) is 2. The number of rotatable bonds is 12. The molecule has 35 heavy (non-hydrogen) atoms. The van der Waals surface area contributed by atoms with Gasteiger partial charge in [0.25, 0.3) is 11.8 Å². The maximum atomic E-state index is 12.7. The molecule has 3 rings (SSSR count). The first-order valence-corrected chi connectivity index (χ1v) is 10.7. The lowest BCUT2D eigenvalue weighted by Crippen LogP contribution is -2.20. The summed E-state index contributed by atoms with van der Waals surface area (Å²) in [6.07, 6.45) is 1.50. The molecule has 1 aromatic heterocycles. The molecule has 0 aliphatic rings. The number of para-hydroxylation sites is 2. The number of amides is 2. The van der Waals surface area contributed by atoms with Gasteiger partial charge in [-0.3, -0.25) is 9.59 Å². The van der Waals surface area contributed by atoms with Gasteiger partial charge in [-0.05, 0) is 36.4 Å². The predicted octanol–water partition coefficient (Wildman–Crippen LogP) is 3.39. The third-order valence-electron chi connectivity index (χ3n) is 4.70. The lowest BCUT2D eigenvalue weighted by molar-refractivity contribution is -0.118. The van der Waals surface area contributed by atoms with E-state index in [0.29, 0.717) is 53.3 Å². The minimum absolute atomic E-state index is 0.260.